The smallest absolute Gasteiger partial charge is 0.161 e. The highest BCUT2D eigenvalue weighted by Gasteiger charge is 2.05. The Morgan fingerprint density at radius 1 is 0.815 bits per heavy atom. The molecule has 0 spiro atoms. The third-order valence-corrected chi connectivity index (χ3v) is 4.08. The SMILES string of the molecule is COc1ccc(CNc2cc(Nc3cc(C)cc(C)c3)ncn2)cc1OC. The molecule has 1 aromatic heterocycles. The molecule has 0 amide bonds. The summed E-state index contributed by atoms with van der Waals surface area (Å²) in [5, 5.41) is 6.64. The Bertz CT molecular complexity index is 908. The second-order valence-corrected chi connectivity index (χ2v) is 6.33. The maximum atomic E-state index is 5.35. The fourth-order valence-corrected chi connectivity index (χ4v) is 2.90. The van der Waals surface area contributed by atoms with Crippen LogP contribution in [-0.4, -0.2) is 24.2 Å². The Labute approximate surface area is 159 Å². The lowest BCUT2D eigenvalue weighted by Crippen LogP contribution is -2.04. The van der Waals surface area contributed by atoms with Gasteiger partial charge in [-0.2, -0.15) is 0 Å². The van der Waals surface area contributed by atoms with Gasteiger partial charge in [-0.3, -0.25) is 0 Å². The lowest BCUT2D eigenvalue weighted by atomic mass is 10.1. The molecule has 6 nitrogen and oxygen atoms in total. The van der Waals surface area contributed by atoms with Crippen molar-refractivity contribution in [3.8, 4) is 11.5 Å². The number of benzene rings is 2. The van der Waals surface area contributed by atoms with Crippen LogP contribution < -0.4 is 20.1 Å². The maximum Gasteiger partial charge on any atom is 0.161 e. The number of ether oxygens (including phenoxy) is 2. The van der Waals surface area contributed by atoms with Crippen LogP contribution in [0.5, 0.6) is 11.5 Å². The molecule has 0 saturated heterocycles. The van der Waals surface area contributed by atoms with E-state index in [1.807, 2.05) is 24.3 Å². The minimum absolute atomic E-state index is 0.611. The molecule has 2 N–H and O–H groups in total. The molecule has 0 radical (unpaired) electrons. The molecular formula is C21H24N4O2. The topological polar surface area (TPSA) is 68.3 Å². The standard InChI is InChI=1S/C21H24N4O2/c1-14-7-15(2)9-17(8-14)25-21-11-20(23-13-24-21)22-12-16-5-6-18(26-3)19(10-16)27-4/h5-11,13H,12H2,1-4H3,(H2,22,23,24,25). The summed E-state index contributed by atoms with van der Waals surface area (Å²) < 4.78 is 10.6. The number of aromatic nitrogens is 2. The molecule has 2 aromatic carbocycles. The van der Waals surface area contributed by atoms with Gasteiger partial charge in [0.05, 0.1) is 14.2 Å². The van der Waals surface area contributed by atoms with Crippen LogP contribution in [0.1, 0.15) is 16.7 Å². The van der Waals surface area contributed by atoms with E-state index in [9.17, 15) is 0 Å². The highest BCUT2D eigenvalue weighted by molar-refractivity contribution is 5.60. The molecule has 0 atom stereocenters. The maximum absolute atomic E-state index is 5.35. The van der Waals surface area contributed by atoms with E-state index >= 15 is 0 Å². The number of nitrogens with zero attached hydrogens (tertiary/aromatic N) is 2. The summed E-state index contributed by atoms with van der Waals surface area (Å²) in [4.78, 5) is 8.59. The minimum atomic E-state index is 0.611. The first kappa shape index (κ1) is 18.5. The first-order valence-corrected chi connectivity index (χ1v) is 8.69. The van der Waals surface area contributed by atoms with E-state index in [0.717, 1.165) is 22.9 Å². The fraction of sp³-hybridized carbons (Fsp3) is 0.238. The van der Waals surface area contributed by atoms with Crippen LogP contribution in [0.25, 0.3) is 0 Å². The first-order chi connectivity index (χ1) is 13.1. The van der Waals surface area contributed by atoms with Gasteiger partial charge in [0, 0.05) is 18.3 Å². The van der Waals surface area contributed by atoms with Gasteiger partial charge >= 0.3 is 0 Å². The average molecular weight is 364 g/mol. The normalized spacial score (nSPS) is 10.4. The highest BCUT2D eigenvalue weighted by Crippen LogP contribution is 2.28. The van der Waals surface area contributed by atoms with Crippen LogP contribution >= 0.6 is 0 Å². The van der Waals surface area contributed by atoms with Crippen LogP contribution in [0.4, 0.5) is 17.3 Å². The summed E-state index contributed by atoms with van der Waals surface area (Å²) in [6.07, 6.45) is 1.54. The molecule has 3 aromatic rings. The molecule has 1 heterocycles. The van der Waals surface area contributed by atoms with Crippen molar-refractivity contribution in [3.05, 3.63) is 65.5 Å². The van der Waals surface area contributed by atoms with Crippen LogP contribution in [0.3, 0.4) is 0 Å². The van der Waals surface area contributed by atoms with Crippen molar-refractivity contribution in [2.75, 3.05) is 24.9 Å². The van der Waals surface area contributed by atoms with E-state index in [1.54, 1.807) is 20.5 Å². The third-order valence-electron chi connectivity index (χ3n) is 4.08. The van der Waals surface area contributed by atoms with Crippen molar-refractivity contribution in [2.24, 2.45) is 0 Å². The zero-order valence-corrected chi connectivity index (χ0v) is 16.0. The quantitative estimate of drug-likeness (QED) is 0.645. The molecule has 0 aliphatic heterocycles. The van der Waals surface area contributed by atoms with Crippen molar-refractivity contribution in [2.45, 2.75) is 20.4 Å². The molecule has 0 fully saturated rings. The van der Waals surface area contributed by atoms with Crippen LogP contribution in [0, 0.1) is 13.8 Å². The van der Waals surface area contributed by atoms with Gasteiger partial charge in [-0.1, -0.05) is 12.1 Å². The number of methoxy groups -OCH3 is 2. The molecule has 0 aliphatic rings. The summed E-state index contributed by atoms with van der Waals surface area (Å²) >= 11 is 0. The van der Waals surface area contributed by atoms with Gasteiger partial charge in [0.25, 0.3) is 0 Å². The molecule has 0 aliphatic carbocycles. The molecular weight excluding hydrogens is 340 g/mol. The largest absolute Gasteiger partial charge is 0.493 e. The Morgan fingerprint density at radius 2 is 1.52 bits per heavy atom. The van der Waals surface area contributed by atoms with Crippen LogP contribution in [0.15, 0.2) is 48.8 Å². The number of hydrogen-bond donors (Lipinski definition) is 2. The molecule has 6 heteroatoms. The number of rotatable bonds is 7. The lowest BCUT2D eigenvalue weighted by molar-refractivity contribution is 0.354. The molecule has 140 valence electrons. The van der Waals surface area contributed by atoms with Gasteiger partial charge in [-0.25, -0.2) is 9.97 Å². The second kappa shape index (κ2) is 8.40. The van der Waals surface area contributed by atoms with Gasteiger partial charge in [-0.15, -0.1) is 0 Å². The van der Waals surface area contributed by atoms with Gasteiger partial charge in [-0.05, 0) is 54.8 Å². The number of aryl methyl sites for hydroxylation is 2. The summed E-state index contributed by atoms with van der Waals surface area (Å²) in [6.45, 7) is 4.77. The van der Waals surface area contributed by atoms with Crippen molar-refractivity contribution in [1.82, 2.24) is 9.97 Å². The Balaban J connectivity index is 1.69. The number of anilines is 3. The molecule has 0 bridgehead atoms. The summed E-state index contributed by atoms with van der Waals surface area (Å²) in [6, 6.07) is 14.0. The van der Waals surface area contributed by atoms with Crippen molar-refractivity contribution in [1.29, 1.82) is 0 Å². The Morgan fingerprint density at radius 3 is 2.22 bits per heavy atom. The summed E-state index contributed by atoms with van der Waals surface area (Å²) in [7, 11) is 3.26. The lowest BCUT2D eigenvalue weighted by Gasteiger charge is -2.12. The third kappa shape index (κ3) is 4.88. The van der Waals surface area contributed by atoms with Gasteiger partial charge < -0.3 is 20.1 Å². The Hall–Kier alpha value is -3.28. The monoisotopic (exact) mass is 364 g/mol. The van der Waals surface area contributed by atoms with Gasteiger partial charge in [0.15, 0.2) is 11.5 Å². The van der Waals surface area contributed by atoms with Crippen molar-refractivity contribution >= 4 is 17.3 Å². The zero-order valence-electron chi connectivity index (χ0n) is 16.0. The van der Waals surface area contributed by atoms with Crippen LogP contribution in [-0.2, 0) is 6.54 Å². The van der Waals surface area contributed by atoms with Crippen LogP contribution in [0.2, 0.25) is 0 Å². The van der Waals surface area contributed by atoms with Gasteiger partial charge in [0.2, 0.25) is 0 Å². The summed E-state index contributed by atoms with van der Waals surface area (Å²) in [5.41, 5.74) is 4.49. The predicted molar refractivity (Wildman–Crippen MR) is 108 cm³/mol. The number of hydrogen-bond acceptors (Lipinski definition) is 6. The molecule has 3 rings (SSSR count). The number of nitrogens with one attached hydrogen (secondary N) is 2. The van der Waals surface area contributed by atoms with E-state index in [2.05, 4.69) is 52.6 Å². The second-order valence-electron chi connectivity index (χ2n) is 6.33. The fourth-order valence-electron chi connectivity index (χ4n) is 2.90. The minimum Gasteiger partial charge on any atom is -0.493 e. The van der Waals surface area contributed by atoms with E-state index in [4.69, 9.17) is 9.47 Å². The Kier molecular flexibility index (Phi) is 5.76. The average Bonchev–Trinajstić information content (AvgIpc) is 2.65. The van der Waals surface area contributed by atoms with Crippen molar-refractivity contribution in [3.63, 3.8) is 0 Å². The van der Waals surface area contributed by atoms with Crippen molar-refractivity contribution < 1.29 is 9.47 Å². The summed E-state index contributed by atoms with van der Waals surface area (Å²) in [5.74, 6) is 2.90. The van der Waals surface area contributed by atoms with E-state index < -0.39 is 0 Å². The van der Waals surface area contributed by atoms with Gasteiger partial charge in [0.1, 0.15) is 18.0 Å². The molecule has 27 heavy (non-hydrogen) atoms. The predicted octanol–water partition coefficient (Wildman–Crippen LogP) is 4.47. The first-order valence-electron chi connectivity index (χ1n) is 8.69. The zero-order chi connectivity index (χ0) is 19.2. The molecule has 0 saturated carbocycles. The van der Waals surface area contributed by atoms with E-state index in [1.165, 1.54) is 11.1 Å². The highest BCUT2D eigenvalue weighted by atomic mass is 16.5. The van der Waals surface area contributed by atoms with E-state index in [0.29, 0.717) is 18.0 Å². The molecule has 0 unspecified atom stereocenters. The van der Waals surface area contributed by atoms with E-state index in [-0.39, 0.29) is 0 Å².